The van der Waals surface area contributed by atoms with Crippen molar-refractivity contribution in [1.82, 2.24) is 0 Å². The van der Waals surface area contributed by atoms with E-state index in [-0.39, 0.29) is 17.4 Å². The zero-order valence-corrected chi connectivity index (χ0v) is 12.9. The summed E-state index contributed by atoms with van der Waals surface area (Å²) < 4.78 is 28.3. The van der Waals surface area contributed by atoms with Gasteiger partial charge in [0.2, 0.25) is 0 Å². The molecule has 5 heteroatoms. The van der Waals surface area contributed by atoms with Gasteiger partial charge in [-0.25, -0.2) is 8.42 Å². The molecule has 1 saturated heterocycles. The Morgan fingerprint density at radius 2 is 2.24 bits per heavy atom. The van der Waals surface area contributed by atoms with Gasteiger partial charge in [-0.15, -0.1) is 0 Å². The Morgan fingerprint density at radius 3 is 3.00 bits per heavy atom. The summed E-state index contributed by atoms with van der Waals surface area (Å²) in [6.07, 6.45) is 3.38. The molecule has 0 aromatic heterocycles. The largest absolute Gasteiger partial charge is 0.493 e. The summed E-state index contributed by atoms with van der Waals surface area (Å²) in [7, 11) is -2.84. The number of rotatable bonds is 5. The number of hydrogen-bond donors (Lipinski definition) is 1. The molecule has 116 valence electrons. The number of aryl methyl sites for hydroxylation is 1. The number of benzene rings is 1. The third-order valence-electron chi connectivity index (χ3n) is 4.45. The molecule has 1 N–H and O–H groups in total. The Labute approximate surface area is 126 Å². The Kier molecular flexibility index (Phi) is 4.22. The molecule has 21 heavy (non-hydrogen) atoms. The maximum atomic E-state index is 11.4. The van der Waals surface area contributed by atoms with Gasteiger partial charge in [0.05, 0.1) is 24.2 Å². The second-order valence-corrected chi connectivity index (χ2v) is 8.47. The third-order valence-corrected chi connectivity index (χ3v) is 6.29. The lowest BCUT2D eigenvalue weighted by atomic mass is 9.96. The summed E-state index contributed by atoms with van der Waals surface area (Å²) in [6, 6.07) is 6.22. The fourth-order valence-electron chi connectivity index (χ4n) is 3.29. The average Bonchev–Trinajstić information content (AvgIpc) is 3.02. The molecule has 4 nitrogen and oxygen atoms in total. The van der Waals surface area contributed by atoms with E-state index in [2.05, 4.69) is 12.1 Å². The molecule has 0 spiro atoms. The fourth-order valence-corrected chi connectivity index (χ4v) is 5.17. The van der Waals surface area contributed by atoms with Gasteiger partial charge in [0.1, 0.15) is 5.75 Å². The predicted molar refractivity (Wildman–Crippen MR) is 81.3 cm³/mol. The van der Waals surface area contributed by atoms with Gasteiger partial charge >= 0.3 is 0 Å². The fraction of sp³-hybridized carbons (Fsp3) is 0.625. The number of fused-ring (bicyclic) bond motifs is 1. The van der Waals surface area contributed by atoms with E-state index in [4.69, 9.17) is 4.74 Å². The Bertz CT molecular complexity index is 609. The van der Waals surface area contributed by atoms with Gasteiger partial charge in [-0.2, -0.15) is 0 Å². The Morgan fingerprint density at radius 1 is 1.38 bits per heavy atom. The highest BCUT2D eigenvalue weighted by molar-refractivity contribution is 7.91. The molecule has 2 heterocycles. The van der Waals surface area contributed by atoms with Crippen molar-refractivity contribution in [1.29, 1.82) is 0 Å². The van der Waals surface area contributed by atoms with E-state index in [0.29, 0.717) is 19.3 Å². The standard InChI is InChI=1S/C16H22O4S/c17-15(10-13-6-8-21(18,19)11-13)3-1-12-2-4-16-14(9-12)5-7-20-16/h2,4,9,13,15,17H,1,3,5-8,10-11H2. The first-order valence-corrected chi connectivity index (χ1v) is 9.47. The van der Waals surface area contributed by atoms with Gasteiger partial charge in [0.25, 0.3) is 0 Å². The molecule has 2 aliphatic heterocycles. The number of aliphatic hydroxyl groups excluding tert-OH is 1. The molecule has 1 aromatic carbocycles. The minimum Gasteiger partial charge on any atom is -0.493 e. The smallest absolute Gasteiger partial charge is 0.150 e. The van der Waals surface area contributed by atoms with Crippen molar-refractivity contribution < 1.29 is 18.3 Å². The molecular formula is C16H22O4S. The van der Waals surface area contributed by atoms with Gasteiger partial charge in [0.15, 0.2) is 9.84 Å². The lowest BCUT2D eigenvalue weighted by Crippen LogP contribution is -2.15. The number of ether oxygens (including phenoxy) is 1. The second kappa shape index (κ2) is 5.97. The van der Waals surface area contributed by atoms with Crippen LogP contribution in [-0.2, 0) is 22.7 Å². The highest BCUT2D eigenvalue weighted by Crippen LogP contribution is 2.27. The third kappa shape index (κ3) is 3.77. The maximum Gasteiger partial charge on any atom is 0.150 e. The summed E-state index contributed by atoms with van der Waals surface area (Å²) >= 11 is 0. The van der Waals surface area contributed by atoms with E-state index in [0.717, 1.165) is 25.2 Å². The topological polar surface area (TPSA) is 63.6 Å². The van der Waals surface area contributed by atoms with Crippen LogP contribution in [0.3, 0.4) is 0 Å². The lowest BCUT2D eigenvalue weighted by Gasteiger charge is -2.14. The first-order chi connectivity index (χ1) is 10.0. The molecule has 0 radical (unpaired) electrons. The highest BCUT2D eigenvalue weighted by atomic mass is 32.2. The van der Waals surface area contributed by atoms with Crippen LogP contribution in [0.5, 0.6) is 5.75 Å². The molecule has 2 aliphatic rings. The molecule has 0 aliphatic carbocycles. The van der Waals surface area contributed by atoms with Crippen LogP contribution in [0, 0.1) is 5.92 Å². The van der Waals surface area contributed by atoms with Crippen LogP contribution >= 0.6 is 0 Å². The Hall–Kier alpha value is -1.07. The number of hydrogen-bond acceptors (Lipinski definition) is 4. The zero-order chi connectivity index (χ0) is 14.9. The predicted octanol–water partition coefficient (Wildman–Crippen LogP) is 1.74. The molecule has 2 atom stereocenters. The summed E-state index contributed by atoms with van der Waals surface area (Å²) in [5.74, 6) is 1.66. The van der Waals surface area contributed by atoms with Gasteiger partial charge < -0.3 is 9.84 Å². The van der Waals surface area contributed by atoms with Crippen LogP contribution in [0.1, 0.15) is 30.4 Å². The van der Waals surface area contributed by atoms with E-state index >= 15 is 0 Å². The van der Waals surface area contributed by atoms with Crippen molar-refractivity contribution in [2.24, 2.45) is 5.92 Å². The quantitative estimate of drug-likeness (QED) is 0.900. The molecule has 1 aromatic rings. The average molecular weight is 310 g/mol. The number of aliphatic hydroxyl groups is 1. The minimum atomic E-state index is -2.84. The first kappa shape index (κ1) is 14.9. The van der Waals surface area contributed by atoms with Crippen LogP contribution < -0.4 is 4.74 Å². The van der Waals surface area contributed by atoms with Crippen molar-refractivity contribution in [2.45, 2.75) is 38.2 Å². The molecule has 1 fully saturated rings. The van der Waals surface area contributed by atoms with Gasteiger partial charge in [-0.1, -0.05) is 12.1 Å². The van der Waals surface area contributed by atoms with Gasteiger partial charge in [-0.3, -0.25) is 0 Å². The summed E-state index contributed by atoms with van der Waals surface area (Å²) in [4.78, 5) is 0. The first-order valence-electron chi connectivity index (χ1n) is 7.65. The molecular weight excluding hydrogens is 288 g/mol. The van der Waals surface area contributed by atoms with Crippen LogP contribution in [0.25, 0.3) is 0 Å². The van der Waals surface area contributed by atoms with Crippen molar-refractivity contribution in [3.05, 3.63) is 29.3 Å². The van der Waals surface area contributed by atoms with E-state index in [1.807, 2.05) is 6.07 Å². The highest BCUT2D eigenvalue weighted by Gasteiger charge is 2.29. The number of sulfone groups is 1. The second-order valence-electron chi connectivity index (χ2n) is 6.24. The summed E-state index contributed by atoms with van der Waals surface area (Å²) in [6.45, 7) is 0.761. The molecule has 0 bridgehead atoms. The van der Waals surface area contributed by atoms with E-state index in [1.165, 1.54) is 11.1 Å². The maximum absolute atomic E-state index is 11.4. The normalized spacial score (nSPS) is 24.5. The summed E-state index contributed by atoms with van der Waals surface area (Å²) in [5, 5.41) is 10.1. The molecule has 3 rings (SSSR count). The van der Waals surface area contributed by atoms with E-state index in [1.54, 1.807) is 0 Å². The van der Waals surface area contributed by atoms with Crippen LogP contribution in [0.2, 0.25) is 0 Å². The SMILES string of the molecule is O=S1(=O)CCC(CC(O)CCc2ccc3c(c2)CCO3)C1. The van der Waals surface area contributed by atoms with Crippen LogP contribution in [0.4, 0.5) is 0 Å². The lowest BCUT2D eigenvalue weighted by molar-refractivity contribution is 0.137. The Balaban J connectivity index is 1.49. The van der Waals surface area contributed by atoms with Crippen molar-refractivity contribution in [2.75, 3.05) is 18.1 Å². The van der Waals surface area contributed by atoms with Crippen molar-refractivity contribution in [3.8, 4) is 5.75 Å². The minimum absolute atomic E-state index is 0.137. The monoisotopic (exact) mass is 310 g/mol. The van der Waals surface area contributed by atoms with Crippen LogP contribution in [0.15, 0.2) is 18.2 Å². The van der Waals surface area contributed by atoms with E-state index in [9.17, 15) is 13.5 Å². The zero-order valence-electron chi connectivity index (χ0n) is 12.1. The van der Waals surface area contributed by atoms with E-state index < -0.39 is 15.9 Å². The van der Waals surface area contributed by atoms with Gasteiger partial charge in [0, 0.05) is 6.42 Å². The van der Waals surface area contributed by atoms with Gasteiger partial charge in [-0.05, 0) is 48.8 Å². The molecule has 2 unspecified atom stereocenters. The van der Waals surface area contributed by atoms with Crippen molar-refractivity contribution >= 4 is 9.84 Å². The molecule has 0 saturated carbocycles. The van der Waals surface area contributed by atoms with Crippen LogP contribution in [-0.4, -0.2) is 37.7 Å². The summed E-state index contributed by atoms with van der Waals surface area (Å²) in [5.41, 5.74) is 2.47. The van der Waals surface area contributed by atoms with Crippen molar-refractivity contribution in [3.63, 3.8) is 0 Å². The molecule has 0 amide bonds.